The molecule has 3 N–H and O–H groups in total. The second-order valence-electron chi connectivity index (χ2n) is 5.92. The molecule has 1 atom stereocenters. The molecular weight excluding hydrogens is 330 g/mol. The maximum absolute atomic E-state index is 13.8. The minimum Gasteiger partial charge on any atom is -0.370 e. The number of ketones is 1. The molecule has 0 aromatic heterocycles. The van der Waals surface area contributed by atoms with Gasteiger partial charge in [0, 0.05) is 6.42 Å². The number of amides is 2. The Bertz CT molecular complexity index is 600. The molecule has 138 valence electrons. The highest BCUT2D eigenvalue weighted by Crippen LogP contribution is 2.16. The van der Waals surface area contributed by atoms with Crippen LogP contribution in [0.1, 0.15) is 62.2 Å². The van der Waals surface area contributed by atoms with Crippen LogP contribution < -0.4 is 11.1 Å². The van der Waals surface area contributed by atoms with Crippen LogP contribution in [0.15, 0.2) is 18.2 Å². The fourth-order valence-corrected chi connectivity index (χ4v) is 2.47. The van der Waals surface area contributed by atoms with Crippen molar-refractivity contribution in [2.24, 2.45) is 5.73 Å². The van der Waals surface area contributed by atoms with Gasteiger partial charge in [-0.1, -0.05) is 38.7 Å². The van der Waals surface area contributed by atoms with Crippen molar-refractivity contribution in [3.63, 3.8) is 0 Å². The summed E-state index contributed by atoms with van der Waals surface area (Å²) in [5, 5.41) is 2.37. The lowest BCUT2D eigenvalue weighted by Crippen LogP contribution is -2.44. The van der Waals surface area contributed by atoms with Crippen molar-refractivity contribution in [3.05, 3.63) is 35.4 Å². The summed E-state index contributed by atoms with van der Waals surface area (Å²) in [5.41, 5.74) is 4.31. The number of primary amides is 1. The monoisotopic (exact) mass is 354 g/mol. The molecule has 1 aromatic carbocycles. The van der Waals surface area contributed by atoms with E-state index in [1.165, 1.54) is 0 Å². The number of nitrogens with one attached hydrogen (secondary N) is 1. The van der Waals surface area contributed by atoms with E-state index >= 15 is 0 Å². The van der Waals surface area contributed by atoms with Crippen molar-refractivity contribution in [2.45, 2.75) is 57.9 Å². The number of benzene rings is 1. The Kier molecular flexibility index (Phi) is 8.74. The molecule has 2 amide bonds. The lowest BCUT2D eigenvalue weighted by molar-refractivity contribution is -0.122. The van der Waals surface area contributed by atoms with E-state index in [0.717, 1.165) is 43.9 Å². The molecule has 25 heavy (non-hydrogen) atoms. The number of carbonyl (C=O) groups is 3. The van der Waals surface area contributed by atoms with E-state index in [1.54, 1.807) is 0 Å². The van der Waals surface area contributed by atoms with E-state index < -0.39 is 47.3 Å². The number of halogens is 2. The lowest BCUT2D eigenvalue weighted by Gasteiger charge is -2.17. The van der Waals surface area contributed by atoms with Crippen LogP contribution in [0.2, 0.25) is 0 Å². The van der Waals surface area contributed by atoms with E-state index in [1.807, 2.05) is 0 Å². The van der Waals surface area contributed by atoms with Crippen LogP contribution in [0.25, 0.3) is 0 Å². The summed E-state index contributed by atoms with van der Waals surface area (Å²) < 4.78 is 27.5. The number of rotatable bonds is 11. The number of unbranched alkanes of at least 4 members (excludes halogenated alkanes) is 4. The Morgan fingerprint density at radius 2 is 1.68 bits per heavy atom. The highest BCUT2D eigenvalue weighted by Gasteiger charge is 2.28. The first-order valence-corrected chi connectivity index (χ1v) is 8.42. The second kappa shape index (κ2) is 10.5. The third-order valence-electron chi connectivity index (χ3n) is 3.77. The van der Waals surface area contributed by atoms with Gasteiger partial charge < -0.3 is 11.1 Å². The average molecular weight is 354 g/mol. The molecule has 0 unspecified atom stereocenters. The van der Waals surface area contributed by atoms with Crippen molar-refractivity contribution in [3.8, 4) is 0 Å². The third-order valence-corrected chi connectivity index (χ3v) is 3.77. The van der Waals surface area contributed by atoms with Gasteiger partial charge in [0.2, 0.25) is 11.8 Å². The minimum atomic E-state index is -1.38. The van der Waals surface area contributed by atoms with Crippen LogP contribution in [0.4, 0.5) is 8.78 Å². The Morgan fingerprint density at radius 3 is 2.24 bits per heavy atom. The predicted molar refractivity (Wildman–Crippen MR) is 89.8 cm³/mol. The van der Waals surface area contributed by atoms with E-state index in [-0.39, 0.29) is 6.42 Å². The standard InChI is InChI=1S/C18H24F2N2O3/c1-2-3-4-5-6-10-16(24)22-14(11-15(21)23)18(25)17-12(19)8-7-9-13(17)20/h7-9,14H,2-6,10-11H2,1H3,(H2,21,23)(H,22,24)/t14-/m1/s1. The molecule has 0 spiro atoms. The maximum atomic E-state index is 13.8. The summed E-state index contributed by atoms with van der Waals surface area (Å²) in [6.45, 7) is 2.08. The van der Waals surface area contributed by atoms with Gasteiger partial charge in [-0.05, 0) is 18.6 Å². The molecule has 7 heteroatoms. The van der Waals surface area contributed by atoms with Gasteiger partial charge in [0.1, 0.15) is 17.7 Å². The van der Waals surface area contributed by atoms with Crippen LogP contribution >= 0.6 is 0 Å². The zero-order valence-corrected chi connectivity index (χ0v) is 14.3. The maximum Gasteiger partial charge on any atom is 0.220 e. The number of carbonyl (C=O) groups excluding carboxylic acids is 3. The van der Waals surface area contributed by atoms with Gasteiger partial charge in [-0.3, -0.25) is 14.4 Å². The molecule has 0 fully saturated rings. The Labute approximate surface area is 146 Å². The van der Waals surface area contributed by atoms with Crippen LogP contribution in [0.5, 0.6) is 0 Å². The second-order valence-corrected chi connectivity index (χ2v) is 5.92. The number of hydrogen-bond donors (Lipinski definition) is 2. The van der Waals surface area contributed by atoms with E-state index in [4.69, 9.17) is 5.73 Å². The Morgan fingerprint density at radius 1 is 1.08 bits per heavy atom. The van der Waals surface area contributed by atoms with Gasteiger partial charge in [0.25, 0.3) is 0 Å². The van der Waals surface area contributed by atoms with Crippen LogP contribution in [0, 0.1) is 11.6 Å². The molecule has 0 bridgehead atoms. The molecule has 1 rings (SSSR count). The molecule has 1 aromatic rings. The van der Waals surface area contributed by atoms with Crippen molar-refractivity contribution in [2.75, 3.05) is 0 Å². The summed E-state index contributed by atoms with van der Waals surface area (Å²) in [4.78, 5) is 35.5. The van der Waals surface area contributed by atoms with Crippen molar-refractivity contribution >= 4 is 17.6 Å². The molecule has 5 nitrogen and oxygen atoms in total. The summed E-state index contributed by atoms with van der Waals surface area (Å²) in [7, 11) is 0. The fourth-order valence-electron chi connectivity index (χ4n) is 2.47. The van der Waals surface area contributed by atoms with Gasteiger partial charge in [0.15, 0.2) is 5.78 Å². The fraction of sp³-hybridized carbons (Fsp3) is 0.500. The first-order valence-electron chi connectivity index (χ1n) is 8.42. The molecule has 0 aliphatic heterocycles. The van der Waals surface area contributed by atoms with Gasteiger partial charge in [-0.15, -0.1) is 0 Å². The zero-order valence-electron chi connectivity index (χ0n) is 14.3. The summed E-state index contributed by atoms with van der Waals surface area (Å²) in [6, 6.07) is 1.62. The summed E-state index contributed by atoms with van der Waals surface area (Å²) in [6.07, 6.45) is 4.33. The topological polar surface area (TPSA) is 89.3 Å². The first-order chi connectivity index (χ1) is 11.9. The van der Waals surface area contributed by atoms with Crippen LogP contribution in [0.3, 0.4) is 0 Å². The molecule has 0 radical (unpaired) electrons. The van der Waals surface area contributed by atoms with E-state index in [0.29, 0.717) is 6.42 Å². The summed E-state index contributed by atoms with van der Waals surface area (Å²) >= 11 is 0. The number of nitrogens with two attached hydrogens (primary N) is 1. The van der Waals surface area contributed by atoms with E-state index in [2.05, 4.69) is 12.2 Å². The van der Waals surface area contributed by atoms with Crippen LogP contribution in [-0.4, -0.2) is 23.6 Å². The van der Waals surface area contributed by atoms with Gasteiger partial charge in [0.05, 0.1) is 12.0 Å². The SMILES string of the molecule is CCCCCCCC(=O)N[C@H](CC(N)=O)C(=O)c1c(F)cccc1F. The molecular formula is C18H24F2N2O3. The lowest BCUT2D eigenvalue weighted by atomic mass is 9.99. The summed E-state index contributed by atoms with van der Waals surface area (Å²) in [5.74, 6) is -4.40. The quantitative estimate of drug-likeness (QED) is 0.473. The zero-order chi connectivity index (χ0) is 18.8. The molecule has 0 aliphatic carbocycles. The highest BCUT2D eigenvalue weighted by atomic mass is 19.1. The van der Waals surface area contributed by atoms with Gasteiger partial charge in [-0.2, -0.15) is 0 Å². The smallest absolute Gasteiger partial charge is 0.220 e. The minimum absolute atomic E-state index is 0.173. The number of hydrogen-bond acceptors (Lipinski definition) is 3. The highest BCUT2D eigenvalue weighted by molar-refractivity contribution is 6.04. The van der Waals surface area contributed by atoms with E-state index in [9.17, 15) is 23.2 Å². The Hall–Kier alpha value is -2.31. The third kappa shape index (κ3) is 6.99. The largest absolute Gasteiger partial charge is 0.370 e. The first kappa shape index (κ1) is 20.7. The predicted octanol–water partition coefficient (Wildman–Crippen LogP) is 2.87. The molecule has 0 saturated carbocycles. The van der Waals surface area contributed by atoms with Gasteiger partial charge >= 0.3 is 0 Å². The van der Waals surface area contributed by atoms with Gasteiger partial charge in [-0.25, -0.2) is 8.78 Å². The van der Waals surface area contributed by atoms with Crippen molar-refractivity contribution < 1.29 is 23.2 Å². The molecule has 0 heterocycles. The average Bonchev–Trinajstić information content (AvgIpc) is 2.53. The molecule has 0 aliphatic rings. The van der Waals surface area contributed by atoms with Crippen molar-refractivity contribution in [1.82, 2.24) is 5.32 Å². The van der Waals surface area contributed by atoms with Crippen LogP contribution in [-0.2, 0) is 9.59 Å². The normalized spacial score (nSPS) is 11.8. The number of Topliss-reactive ketones (excluding diaryl/α,β-unsaturated/α-hetero) is 1. The van der Waals surface area contributed by atoms with Crippen molar-refractivity contribution in [1.29, 1.82) is 0 Å². The molecule has 0 saturated heterocycles. The Balaban J connectivity index is 2.75.